The van der Waals surface area contributed by atoms with Gasteiger partial charge in [0.25, 0.3) is 5.91 Å². The van der Waals surface area contributed by atoms with E-state index in [-0.39, 0.29) is 11.7 Å². The number of likely N-dealkylation sites (N-methyl/N-ethyl adjacent to an activating group) is 1. The van der Waals surface area contributed by atoms with Crippen molar-refractivity contribution in [1.29, 1.82) is 0 Å². The van der Waals surface area contributed by atoms with E-state index in [9.17, 15) is 9.59 Å². The standard InChI is InChI=1S/C15H14BrNO5S2/c1-3-17-14(20)11(24-15(17)23)6-8-4-9(16)13(10(5-8)21-2)22-7-12(18)19/h4-6H,3,7H2,1-2H3,(H,18,19)/b11-6-. The maximum absolute atomic E-state index is 12.3. The average Bonchev–Trinajstić information content (AvgIpc) is 2.79. The average molecular weight is 432 g/mol. The molecule has 1 aliphatic heterocycles. The van der Waals surface area contributed by atoms with Crippen molar-refractivity contribution < 1.29 is 24.2 Å². The molecule has 0 spiro atoms. The Hall–Kier alpha value is -1.58. The largest absolute Gasteiger partial charge is 0.493 e. The van der Waals surface area contributed by atoms with Gasteiger partial charge >= 0.3 is 5.97 Å². The number of benzene rings is 1. The third-order valence-electron chi connectivity index (χ3n) is 3.08. The number of aliphatic carboxylic acids is 1. The van der Waals surface area contributed by atoms with Crippen LogP contribution in [0, 0.1) is 0 Å². The molecule has 128 valence electrons. The van der Waals surface area contributed by atoms with E-state index in [1.807, 2.05) is 6.92 Å². The highest BCUT2D eigenvalue weighted by molar-refractivity contribution is 9.10. The van der Waals surface area contributed by atoms with Gasteiger partial charge in [0.05, 0.1) is 16.5 Å². The van der Waals surface area contributed by atoms with Gasteiger partial charge in [0.15, 0.2) is 18.1 Å². The van der Waals surface area contributed by atoms with Crippen LogP contribution >= 0.6 is 39.9 Å². The zero-order valence-electron chi connectivity index (χ0n) is 12.9. The lowest BCUT2D eigenvalue weighted by atomic mass is 10.2. The summed E-state index contributed by atoms with van der Waals surface area (Å²) in [6, 6.07) is 3.39. The number of thiocarbonyl (C=S) groups is 1. The first-order valence-corrected chi connectivity index (χ1v) is 8.86. The second-order valence-electron chi connectivity index (χ2n) is 4.64. The van der Waals surface area contributed by atoms with Crippen LogP contribution in [0.2, 0.25) is 0 Å². The Morgan fingerprint density at radius 2 is 2.21 bits per heavy atom. The monoisotopic (exact) mass is 431 g/mol. The number of carbonyl (C=O) groups is 2. The predicted octanol–water partition coefficient (Wildman–Crippen LogP) is 3.14. The molecular formula is C15H14BrNO5S2. The van der Waals surface area contributed by atoms with Gasteiger partial charge in [-0.15, -0.1) is 0 Å². The summed E-state index contributed by atoms with van der Waals surface area (Å²) in [5, 5.41) is 8.73. The molecule has 1 aromatic carbocycles. The Balaban J connectivity index is 2.34. The quantitative estimate of drug-likeness (QED) is 0.547. The van der Waals surface area contributed by atoms with E-state index in [1.54, 1.807) is 18.2 Å². The fourth-order valence-corrected chi connectivity index (χ4v) is 3.98. The number of hydrogen-bond donors (Lipinski definition) is 1. The number of nitrogens with zero attached hydrogens (tertiary/aromatic N) is 1. The van der Waals surface area contributed by atoms with Crippen LogP contribution in [-0.2, 0) is 9.59 Å². The molecule has 1 aliphatic rings. The lowest BCUT2D eigenvalue weighted by Crippen LogP contribution is -2.27. The number of hydrogen-bond acceptors (Lipinski definition) is 6. The summed E-state index contributed by atoms with van der Waals surface area (Å²) in [6.07, 6.45) is 1.71. The number of carbonyl (C=O) groups excluding carboxylic acids is 1. The molecule has 9 heteroatoms. The molecule has 0 aromatic heterocycles. The number of halogens is 1. The third kappa shape index (κ3) is 4.08. The SMILES string of the molecule is CCN1C(=O)/C(=C/c2cc(Br)c(OCC(=O)O)c(OC)c2)SC1=S. The first-order chi connectivity index (χ1) is 11.4. The topological polar surface area (TPSA) is 76.1 Å². The molecule has 0 saturated carbocycles. The molecule has 1 N–H and O–H groups in total. The number of ether oxygens (including phenoxy) is 2. The second kappa shape index (κ2) is 8.00. The first kappa shape index (κ1) is 18.8. The molecule has 0 unspecified atom stereocenters. The second-order valence-corrected chi connectivity index (χ2v) is 7.17. The van der Waals surface area contributed by atoms with Gasteiger partial charge in [0.1, 0.15) is 4.32 Å². The molecule has 1 saturated heterocycles. The van der Waals surface area contributed by atoms with Crippen LogP contribution in [0.25, 0.3) is 6.08 Å². The van der Waals surface area contributed by atoms with Crippen molar-refractivity contribution in [1.82, 2.24) is 4.90 Å². The summed E-state index contributed by atoms with van der Waals surface area (Å²) < 4.78 is 11.5. The summed E-state index contributed by atoms with van der Waals surface area (Å²) >= 11 is 9.76. The highest BCUT2D eigenvalue weighted by Crippen LogP contribution is 2.39. The maximum atomic E-state index is 12.3. The van der Waals surface area contributed by atoms with E-state index < -0.39 is 12.6 Å². The van der Waals surface area contributed by atoms with Crippen LogP contribution in [0.1, 0.15) is 12.5 Å². The fourth-order valence-electron chi connectivity index (χ4n) is 2.02. The van der Waals surface area contributed by atoms with Gasteiger partial charge in [-0.2, -0.15) is 0 Å². The van der Waals surface area contributed by atoms with E-state index in [1.165, 1.54) is 23.8 Å². The normalized spacial score (nSPS) is 16.0. The van der Waals surface area contributed by atoms with Crippen LogP contribution < -0.4 is 9.47 Å². The summed E-state index contributed by atoms with van der Waals surface area (Å²) in [4.78, 5) is 25.0. The first-order valence-electron chi connectivity index (χ1n) is 6.84. The van der Waals surface area contributed by atoms with Crippen molar-refractivity contribution >= 4 is 62.2 Å². The smallest absolute Gasteiger partial charge is 0.341 e. The highest BCUT2D eigenvalue weighted by atomic mass is 79.9. The van der Waals surface area contributed by atoms with E-state index in [4.69, 9.17) is 26.8 Å². The third-order valence-corrected chi connectivity index (χ3v) is 5.05. The van der Waals surface area contributed by atoms with E-state index in [2.05, 4.69) is 15.9 Å². The summed E-state index contributed by atoms with van der Waals surface area (Å²) in [7, 11) is 1.45. The number of thioether (sulfide) groups is 1. The number of carboxylic acids is 1. The molecule has 24 heavy (non-hydrogen) atoms. The molecule has 1 amide bonds. The van der Waals surface area contributed by atoms with Gasteiger partial charge in [0, 0.05) is 6.54 Å². The molecule has 0 bridgehead atoms. The Morgan fingerprint density at radius 3 is 2.75 bits per heavy atom. The number of rotatable bonds is 6. The van der Waals surface area contributed by atoms with E-state index in [0.29, 0.717) is 31.6 Å². The number of carboxylic acid groups (broad SMARTS) is 1. The van der Waals surface area contributed by atoms with Crippen LogP contribution in [0.4, 0.5) is 0 Å². The van der Waals surface area contributed by atoms with Crippen molar-refractivity contribution in [3.63, 3.8) is 0 Å². The minimum Gasteiger partial charge on any atom is -0.493 e. The summed E-state index contributed by atoms with van der Waals surface area (Å²) in [6.45, 7) is 1.91. The van der Waals surface area contributed by atoms with Gasteiger partial charge in [-0.25, -0.2) is 4.79 Å². The molecular weight excluding hydrogens is 418 g/mol. The zero-order valence-corrected chi connectivity index (χ0v) is 16.1. The summed E-state index contributed by atoms with van der Waals surface area (Å²) in [5.41, 5.74) is 0.706. The molecule has 2 rings (SSSR count). The van der Waals surface area contributed by atoms with E-state index in [0.717, 1.165) is 0 Å². The molecule has 0 radical (unpaired) electrons. The van der Waals surface area contributed by atoms with Crippen molar-refractivity contribution in [3.05, 3.63) is 27.1 Å². The Bertz CT molecular complexity index is 735. The van der Waals surface area contributed by atoms with Crippen LogP contribution in [0.3, 0.4) is 0 Å². The van der Waals surface area contributed by atoms with Gasteiger partial charge in [-0.05, 0) is 46.6 Å². The molecule has 0 atom stereocenters. The Morgan fingerprint density at radius 1 is 1.50 bits per heavy atom. The molecule has 1 aromatic rings. The predicted molar refractivity (Wildman–Crippen MR) is 99.4 cm³/mol. The van der Waals surface area contributed by atoms with Gasteiger partial charge in [0.2, 0.25) is 0 Å². The molecule has 1 heterocycles. The highest BCUT2D eigenvalue weighted by Gasteiger charge is 2.30. The van der Waals surface area contributed by atoms with Crippen molar-refractivity contribution in [2.75, 3.05) is 20.3 Å². The summed E-state index contributed by atoms with van der Waals surface area (Å²) in [5.74, 6) is -0.564. The lowest BCUT2D eigenvalue weighted by molar-refractivity contribution is -0.139. The van der Waals surface area contributed by atoms with E-state index >= 15 is 0 Å². The minimum absolute atomic E-state index is 0.131. The molecule has 1 fully saturated rings. The fraction of sp³-hybridized carbons (Fsp3) is 0.267. The number of amides is 1. The minimum atomic E-state index is -1.09. The molecule has 0 aliphatic carbocycles. The Labute approximate surface area is 156 Å². The van der Waals surface area contributed by atoms with Gasteiger partial charge in [-0.1, -0.05) is 24.0 Å². The van der Waals surface area contributed by atoms with Crippen molar-refractivity contribution in [2.24, 2.45) is 0 Å². The van der Waals surface area contributed by atoms with Crippen molar-refractivity contribution in [2.45, 2.75) is 6.92 Å². The number of methoxy groups -OCH3 is 1. The van der Waals surface area contributed by atoms with Crippen LogP contribution in [-0.4, -0.2) is 46.5 Å². The van der Waals surface area contributed by atoms with Crippen molar-refractivity contribution in [3.8, 4) is 11.5 Å². The zero-order chi connectivity index (χ0) is 17.9. The van der Waals surface area contributed by atoms with Gasteiger partial charge < -0.3 is 14.6 Å². The van der Waals surface area contributed by atoms with Crippen LogP contribution in [0.15, 0.2) is 21.5 Å². The van der Waals surface area contributed by atoms with Gasteiger partial charge in [-0.3, -0.25) is 9.69 Å². The lowest BCUT2D eigenvalue weighted by Gasteiger charge is -2.12. The Kier molecular flexibility index (Phi) is 6.25. The van der Waals surface area contributed by atoms with Crippen LogP contribution in [0.5, 0.6) is 11.5 Å². The molecule has 6 nitrogen and oxygen atoms in total. The maximum Gasteiger partial charge on any atom is 0.341 e.